The van der Waals surface area contributed by atoms with E-state index in [9.17, 15) is 13.2 Å². The molecule has 1 aromatic carbocycles. The summed E-state index contributed by atoms with van der Waals surface area (Å²) in [6.45, 7) is 2.09. The summed E-state index contributed by atoms with van der Waals surface area (Å²) in [5.41, 5.74) is 6.44. The van der Waals surface area contributed by atoms with Gasteiger partial charge in [-0.1, -0.05) is 25.5 Å². The topological polar surface area (TPSA) is 38.9 Å². The molecule has 2 rings (SSSR count). The van der Waals surface area contributed by atoms with Crippen LogP contribution in [-0.4, -0.2) is 4.98 Å². The molecular weight excluding hydrogens is 285 g/mol. The number of hydrogen-bond donors (Lipinski definition) is 1. The first-order valence-electron chi connectivity index (χ1n) is 6.34. The molecule has 20 heavy (non-hydrogen) atoms. The van der Waals surface area contributed by atoms with Crippen molar-refractivity contribution in [3.8, 4) is 11.3 Å². The summed E-state index contributed by atoms with van der Waals surface area (Å²) in [6, 6.07) is 5.06. The molecule has 1 aromatic heterocycles. The van der Waals surface area contributed by atoms with Crippen LogP contribution in [0.2, 0.25) is 0 Å². The van der Waals surface area contributed by atoms with Crippen LogP contribution in [0, 0.1) is 0 Å². The zero-order chi connectivity index (χ0) is 14.8. The fraction of sp³-hybridized carbons (Fsp3) is 0.357. The van der Waals surface area contributed by atoms with E-state index in [0.29, 0.717) is 16.4 Å². The van der Waals surface area contributed by atoms with E-state index in [2.05, 4.69) is 11.9 Å². The third kappa shape index (κ3) is 3.30. The number of nitrogen functional groups attached to an aromatic ring is 1. The molecule has 1 heterocycles. The van der Waals surface area contributed by atoms with Crippen LogP contribution in [0.5, 0.6) is 0 Å². The number of unbranched alkanes of at least 4 members (excludes halogenated alkanes) is 1. The van der Waals surface area contributed by atoms with Crippen molar-refractivity contribution >= 4 is 16.5 Å². The number of aromatic nitrogens is 1. The lowest BCUT2D eigenvalue weighted by Gasteiger charge is -2.07. The van der Waals surface area contributed by atoms with Gasteiger partial charge >= 0.3 is 6.18 Å². The number of nitrogens with zero attached hydrogens (tertiary/aromatic N) is 1. The first-order chi connectivity index (χ1) is 9.41. The zero-order valence-electron chi connectivity index (χ0n) is 11.0. The van der Waals surface area contributed by atoms with Crippen molar-refractivity contribution in [1.29, 1.82) is 0 Å². The fourth-order valence-electron chi connectivity index (χ4n) is 1.92. The van der Waals surface area contributed by atoms with E-state index in [0.717, 1.165) is 36.3 Å². The molecule has 2 aromatic rings. The standard InChI is InChI=1S/C14H15F3N2S/c1-2-3-4-11-12(19-13(18)20-11)9-5-7-10(8-6-9)14(15,16)17/h5-8H,2-4H2,1H3,(H2,18,19). The Kier molecular flexibility index (Phi) is 4.32. The van der Waals surface area contributed by atoms with Gasteiger partial charge in [-0.2, -0.15) is 13.2 Å². The van der Waals surface area contributed by atoms with Crippen molar-refractivity contribution in [2.24, 2.45) is 0 Å². The SMILES string of the molecule is CCCCc1sc(N)nc1-c1ccc(C(F)(F)F)cc1. The molecule has 0 unspecified atom stereocenters. The second kappa shape index (κ2) is 5.83. The summed E-state index contributed by atoms with van der Waals surface area (Å²) < 4.78 is 37.6. The minimum atomic E-state index is -4.31. The maximum atomic E-state index is 12.5. The Morgan fingerprint density at radius 2 is 1.85 bits per heavy atom. The zero-order valence-corrected chi connectivity index (χ0v) is 11.8. The lowest BCUT2D eigenvalue weighted by Crippen LogP contribution is -2.04. The maximum absolute atomic E-state index is 12.5. The molecule has 0 atom stereocenters. The van der Waals surface area contributed by atoms with Crippen LogP contribution in [0.15, 0.2) is 24.3 Å². The van der Waals surface area contributed by atoms with Gasteiger partial charge in [-0.3, -0.25) is 0 Å². The van der Waals surface area contributed by atoms with Crippen LogP contribution < -0.4 is 5.73 Å². The Labute approximate surface area is 119 Å². The Bertz CT molecular complexity index is 573. The van der Waals surface area contributed by atoms with E-state index in [1.807, 2.05) is 0 Å². The van der Waals surface area contributed by atoms with Crippen LogP contribution in [0.25, 0.3) is 11.3 Å². The minimum Gasteiger partial charge on any atom is -0.375 e. The van der Waals surface area contributed by atoms with E-state index in [1.54, 1.807) is 0 Å². The number of anilines is 1. The van der Waals surface area contributed by atoms with Crippen LogP contribution in [0.4, 0.5) is 18.3 Å². The third-order valence-electron chi connectivity index (χ3n) is 2.96. The van der Waals surface area contributed by atoms with Crippen molar-refractivity contribution < 1.29 is 13.2 Å². The predicted molar refractivity (Wildman–Crippen MR) is 75.6 cm³/mol. The van der Waals surface area contributed by atoms with Gasteiger partial charge in [-0.05, 0) is 25.0 Å². The molecule has 2 nitrogen and oxygen atoms in total. The van der Waals surface area contributed by atoms with Gasteiger partial charge in [0.05, 0.1) is 11.3 Å². The normalized spacial score (nSPS) is 11.8. The Morgan fingerprint density at radius 3 is 2.40 bits per heavy atom. The number of halogens is 3. The smallest absolute Gasteiger partial charge is 0.375 e. The summed E-state index contributed by atoms with van der Waals surface area (Å²) >= 11 is 1.40. The first-order valence-corrected chi connectivity index (χ1v) is 7.16. The molecule has 0 amide bonds. The van der Waals surface area contributed by atoms with Crippen LogP contribution >= 0.6 is 11.3 Å². The largest absolute Gasteiger partial charge is 0.416 e. The number of alkyl halides is 3. The number of thiazole rings is 1. The van der Waals surface area contributed by atoms with Gasteiger partial charge < -0.3 is 5.73 Å². The molecule has 0 aliphatic carbocycles. The molecule has 2 N–H and O–H groups in total. The third-order valence-corrected chi connectivity index (χ3v) is 3.90. The summed E-state index contributed by atoms with van der Waals surface area (Å²) in [4.78, 5) is 5.27. The molecule has 0 radical (unpaired) electrons. The molecule has 0 aliphatic rings. The number of nitrogens with two attached hydrogens (primary N) is 1. The van der Waals surface area contributed by atoms with Crippen molar-refractivity contribution in [1.82, 2.24) is 4.98 Å². The monoisotopic (exact) mass is 300 g/mol. The molecule has 0 fully saturated rings. The van der Waals surface area contributed by atoms with E-state index in [4.69, 9.17) is 5.73 Å². The molecule has 6 heteroatoms. The number of rotatable bonds is 4. The number of aryl methyl sites for hydroxylation is 1. The average Bonchev–Trinajstić information content (AvgIpc) is 2.76. The molecule has 0 saturated heterocycles. The average molecular weight is 300 g/mol. The van der Waals surface area contributed by atoms with Crippen molar-refractivity contribution in [2.45, 2.75) is 32.4 Å². The molecule has 0 bridgehead atoms. The fourth-order valence-corrected chi connectivity index (χ4v) is 2.82. The summed E-state index contributed by atoms with van der Waals surface area (Å²) in [5.74, 6) is 0. The van der Waals surface area contributed by atoms with Crippen molar-refractivity contribution in [2.75, 3.05) is 5.73 Å². The van der Waals surface area contributed by atoms with E-state index < -0.39 is 11.7 Å². The second-order valence-electron chi connectivity index (χ2n) is 4.50. The van der Waals surface area contributed by atoms with Gasteiger partial charge in [0, 0.05) is 10.4 Å². The van der Waals surface area contributed by atoms with Crippen LogP contribution in [0.1, 0.15) is 30.2 Å². The Morgan fingerprint density at radius 1 is 1.20 bits per heavy atom. The molecule has 0 saturated carbocycles. The van der Waals surface area contributed by atoms with Crippen LogP contribution in [-0.2, 0) is 12.6 Å². The maximum Gasteiger partial charge on any atom is 0.416 e. The van der Waals surface area contributed by atoms with Gasteiger partial charge in [0.1, 0.15) is 0 Å². The van der Waals surface area contributed by atoms with Gasteiger partial charge in [-0.25, -0.2) is 4.98 Å². The minimum absolute atomic E-state index is 0.450. The Balaban J connectivity index is 2.31. The Hall–Kier alpha value is -1.56. The molecule has 0 spiro atoms. The lowest BCUT2D eigenvalue weighted by molar-refractivity contribution is -0.137. The van der Waals surface area contributed by atoms with Crippen LogP contribution in [0.3, 0.4) is 0 Å². The first kappa shape index (κ1) is 14.8. The highest BCUT2D eigenvalue weighted by Gasteiger charge is 2.30. The second-order valence-corrected chi connectivity index (χ2v) is 5.62. The summed E-state index contributed by atoms with van der Waals surface area (Å²) in [7, 11) is 0. The van der Waals surface area contributed by atoms with Crippen molar-refractivity contribution in [3.05, 3.63) is 34.7 Å². The van der Waals surface area contributed by atoms with E-state index in [1.165, 1.54) is 23.5 Å². The van der Waals surface area contributed by atoms with Gasteiger partial charge in [-0.15, -0.1) is 11.3 Å². The number of benzene rings is 1. The highest BCUT2D eigenvalue weighted by molar-refractivity contribution is 7.15. The quantitative estimate of drug-likeness (QED) is 0.884. The predicted octanol–water partition coefficient (Wildman–Crippen LogP) is 4.75. The molecule has 0 aliphatic heterocycles. The molecule has 108 valence electrons. The summed E-state index contributed by atoms with van der Waals surface area (Å²) in [6.07, 6.45) is -1.41. The van der Waals surface area contributed by atoms with Gasteiger partial charge in [0.25, 0.3) is 0 Å². The highest BCUT2D eigenvalue weighted by atomic mass is 32.1. The highest BCUT2D eigenvalue weighted by Crippen LogP contribution is 2.34. The van der Waals surface area contributed by atoms with Crippen molar-refractivity contribution in [3.63, 3.8) is 0 Å². The van der Waals surface area contributed by atoms with Gasteiger partial charge in [0.2, 0.25) is 0 Å². The molecular formula is C14H15F3N2S. The number of hydrogen-bond acceptors (Lipinski definition) is 3. The van der Waals surface area contributed by atoms with E-state index in [-0.39, 0.29) is 0 Å². The van der Waals surface area contributed by atoms with E-state index >= 15 is 0 Å². The van der Waals surface area contributed by atoms with Gasteiger partial charge in [0.15, 0.2) is 5.13 Å². The summed E-state index contributed by atoms with van der Waals surface area (Å²) in [5, 5.41) is 0.450. The lowest BCUT2D eigenvalue weighted by atomic mass is 10.1.